The molecule has 1 heterocycles. The topological polar surface area (TPSA) is 64.1 Å². The van der Waals surface area contributed by atoms with E-state index in [1.54, 1.807) is 0 Å². The Balaban J connectivity index is 2.43. The number of nitrogens with one attached hydrogen (secondary N) is 1. The highest BCUT2D eigenvalue weighted by molar-refractivity contribution is 6.42. The molecule has 5 nitrogen and oxygen atoms in total. The second kappa shape index (κ2) is 7.42. The van der Waals surface area contributed by atoms with E-state index in [0.717, 1.165) is 6.42 Å². The Morgan fingerprint density at radius 2 is 2.18 bits per heavy atom. The fourth-order valence-corrected chi connectivity index (χ4v) is 1.32. The number of anilines is 1. The van der Waals surface area contributed by atoms with Gasteiger partial charge in [0.2, 0.25) is 5.91 Å². The summed E-state index contributed by atoms with van der Waals surface area (Å²) in [4.78, 5) is 19.0. The van der Waals surface area contributed by atoms with Gasteiger partial charge in [-0.1, -0.05) is 30.1 Å². The number of hydrogen-bond acceptors (Lipinski definition) is 4. The van der Waals surface area contributed by atoms with Gasteiger partial charge in [0, 0.05) is 6.61 Å². The van der Waals surface area contributed by atoms with Gasteiger partial charge in [-0.05, 0) is 6.42 Å². The van der Waals surface area contributed by atoms with Crippen LogP contribution in [-0.4, -0.2) is 29.1 Å². The predicted molar refractivity (Wildman–Crippen MR) is 66.4 cm³/mol. The summed E-state index contributed by atoms with van der Waals surface area (Å²) in [5, 5.41) is 2.79. The maximum atomic E-state index is 11.5. The number of halogens is 2. The van der Waals surface area contributed by atoms with Gasteiger partial charge in [0.15, 0.2) is 11.0 Å². The number of nitrogens with zero attached hydrogens (tertiary/aromatic N) is 2. The Morgan fingerprint density at radius 1 is 1.41 bits per heavy atom. The van der Waals surface area contributed by atoms with Crippen molar-refractivity contribution >= 4 is 34.9 Å². The second-order valence-electron chi connectivity index (χ2n) is 3.24. The van der Waals surface area contributed by atoms with Crippen LogP contribution in [0.3, 0.4) is 0 Å². The van der Waals surface area contributed by atoms with Crippen molar-refractivity contribution in [1.82, 2.24) is 9.97 Å². The predicted octanol–water partition coefficient (Wildman–Crippen LogP) is 2.54. The highest BCUT2D eigenvalue weighted by atomic mass is 35.5. The molecule has 0 saturated carbocycles. The quantitative estimate of drug-likeness (QED) is 0.641. The molecule has 0 atom stereocenters. The van der Waals surface area contributed by atoms with Crippen molar-refractivity contribution in [1.29, 1.82) is 0 Å². The minimum atomic E-state index is -0.224. The molecule has 1 aromatic rings. The van der Waals surface area contributed by atoms with Crippen LogP contribution in [0.2, 0.25) is 10.2 Å². The highest BCUT2D eigenvalue weighted by Crippen LogP contribution is 2.25. The van der Waals surface area contributed by atoms with E-state index in [2.05, 4.69) is 15.3 Å². The van der Waals surface area contributed by atoms with E-state index in [9.17, 15) is 4.79 Å². The lowest BCUT2D eigenvalue weighted by atomic mass is 10.4. The third kappa shape index (κ3) is 4.85. The molecule has 0 aromatic carbocycles. The van der Waals surface area contributed by atoms with Gasteiger partial charge in [-0.3, -0.25) is 4.79 Å². The van der Waals surface area contributed by atoms with E-state index in [-0.39, 0.29) is 28.3 Å². The first-order valence-electron chi connectivity index (χ1n) is 5.18. The number of carbonyl (C=O) groups excluding carboxylic acids is 1. The standard InChI is InChI=1S/C10H13Cl2N3O2/c1-2-4-17-5-3-7(16)15-10-8(11)9(12)13-6-14-10/h6H,2-5H2,1H3,(H,13,14,15,16). The molecule has 94 valence electrons. The fraction of sp³-hybridized carbons (Fsp3) is 0.500. The monoisotopic (exact) mass is 277 g/mol. The number of carbonyl (C=O) groups is 1. The van der Waals surface area contributed by atoms with Crippen molar-refractivity contribution in [3.05, 3.63) is 16.5 Å². The van der Waals surface area contributed by atoms with Crippen molar-refractivity contribution in [3.63, 3.8) is 0 Å². The minimum absolute atomic E-state index is 0.110. The maximum Gasteiger partial charge on any atom is 0.227 e. The SMILES string of the molecule is CCCOCCC(=O)Nc1ncnc(Cl)c1Cl. The van der Waals surface area contributed by atoms with Gasteiger partial charge in [-0.15, -0.1) is 0 Å². The minimum Gasteiger partial charge on any atom is -0.381 e. The Morgan fingerprint density at radius 3 is 2.88 bits per heavy atom. The summed E-state index contributed by atoms with van der Waals surface area (Å²) in [7, 11) is 0. The van der Waals surface area contributed by atoms with Gasteiger partial charge in [-0.2, -0.15) is 0 Å². The lowest BCUT2D eigenvalue weighted by Crippen LogP contribution is -2.15. The Labute approximate surface area is 109 Å². The molecular formula is C10H13Cl2N3O2. The average Bonchev–Trinajstić information content (AvgIpc) is 2.31. The molecule has 0 aliphatic heterocycles. The Hall–Kier alpha value is -0.910. The van der Waals surface area contributed by atoms with E-state index < -0.39 is 0 Å². The van der Waals surface area contributed by atoms with Crippen molar-refractivity contribution in [2.45, 2.75) is 19.8 Å². The zero-order valence-electron chi connectivity index (χ0n) is 9.37. The van der Waals surface area contributed by atoms with Crippen LogP contribution >= 0.6 is 23.2 Å². The maximum absolute atomic E-state index is 11.5. The zero-order chi connectivity index (χ0) is 12.7. The molecule has 1 aromatic heterocycles. The summed E-state index contributed by atoms with van der Waals surface area (Å²) < 4.78 is 5.19. The van der Waals surface area contributed by atoms with Crippen molar-refractivity contribution in [2.24, 2.45) is 0 Å². The number of aromatic nitrogens is 2. The highest BCUT2D eigenvalue weighted by Gasteiger charge is 2.10. The molecule has 0 aliphatic rings. The van der Waals surface area contributed by atoms with E-state index in [4.69, 9.17) is 27.9 Å². The first-order chi connectivity index (χ1) is 8.15. The lowest BCUT2D eigenvalue weighted by molar-refractivity contribution is -0.117. The molecule has 0 fully saturated rings. The summed E-state index contributed by atoms with van der Waals surface area (Å²) >= 11 is 11.5. The molecule has 7 heteroatoms. The molecule has 0 spiro atoms. The zero-order valence-corrected chi connectivity index (χ0v) is 10.9. The lowest BCUT2D eigenvalue weighted by Gasteiger charge is -2.06. The Kier molecular flexibility index (Phi) is 6.18. The van der Waals surface area contributed by atoms with Crippen molar-refractivity contribution in [3.8, 4) is 0 Å². The van der Waals surface area contributed by atoms with E-state index in [0.29, 0.717) is 13.2 Å². The average molecular weight is 278 g/mol. The van der Waals surface area contributed by atoms with Gasteiger partial charge in [0.1, 0.15) is 11.3 Å². The molecule has 0 unspecified atom stereocenters. The molecule has 17 heavy (non-hydrogen) atoms. The van der Waals surface area contributed by atoms with Crippen LogP contribution in [0.5, 0.6) is 0 Å². The van der Waals surface area contributed by atoms with Crippen molar-refractivity contribution < 1.29 is 9.53 Å². The number of ether oxygens (including phenoxy) is 1. The van der Waals surface area contributed by atoms with Crippen LogP contribution in [0.1, 0.15) is 19.8 Å². The van der Waals surface area contributed by atoms with Crippen LogP contribution in [0.25, 0.3) is 0 Å². The molecule has 1 N–H and O–H groups in total. The summed E-state index contributed by atoms with van der Waals surface area (Å²) in [6.07, 6.45) is 2.41. The van der Waals surface area contributed by atoms with Gasteiger partial charge >= 0.3 is 0 Å². The normalized spacial score (nSPS) is 10.3. The molecule has 1 amide bonds. The summed E-state index contributed by atoms with van der Waals surface area (Å²) in [6.45, 7) is 3.02. The van der Waals surface area contributed by atoms with Crippen LogP contribution in [0.4, 0.5) is 5.82 Å². The fourth-order valence-electron chi connectivity index (χ4n) is 1.04. The summed E-state index contributed by atoms with van der Waals surface area (Å²) in [5.41, 5.74) is 0. The third-order valence-electron chi connectivity index (χ3n) is 1.83. The first kappa shape index (κ1) is 14.2. The molecule has 0 radical (unpaired) electrons. The third-order valence-corrected chi connectivity index (χ3v) is 2.57. The van der Waals surface area contributed by atoms with Crippen LogP contribution in [0.15, 0.2) is 6.33 Å². The second-order valence-corrected chi connectivity index (χ2v) is 3.97. The van der Waals surface area contributed by atoms with E-state index in [1.165, 1.54) is 6.33 Å². The van der Waals surface area contributed by atoms with Gasteiger partial charge in [0.25, 0.3) is 0 Å². The molecular weight excluding hydrogens is 265 g/mol. The van der Waals surface area contributed by atoms with Crippen LogP contribution in [-0.2, 0) is 9.53 Å². The molecule has 0 saturated heterocycles. The number of hydrogen-bond donors (Lipinski definition) is 1. The Bertz CT molecular complexity index is 388. The van der Waals surface area contributed by atoms with Crippen molar-refractivity contribution in [2.75, 3.05) is 18.5 Å². The smallest absolute Gasteiger partial charge is 0.227 e. The number of rotatable bonds is 6. The largest absolute Gasteiger partial charge is 0.381 e. The van der Waals surface area contributed by atoms with Gasteiger partial charge in [-0.25, -0.2) is 9.97 Å². The first-order valence-corrected chi connectivity index (χ1v) is 5.94. The summed E-state index contributed by atoms with van der Waals surface area (Å²) in [5.74, 6) is -0.00933. The summed E-state index contributed by atoms with van der Waals surface area (Å²) in [6, 6.07) is 0. The van der Waals surface area contributed by atoms with Gasteiger partial charge < -0.3 is 10.1 Å². The van der Waals surface area contributed by atoms with E-state index in [1.807, 2.05) is 6.92 Å². The van der Waals surface area contributed by atoms with Crippen LogP contribution < -0.4 is 5.32 Å². The van der Waals surface area contributed by atoms with E-state index >= 15 is 0 Å². The molecule has 0 bridgehead atoms. The molecule has 0 aliphatic carbocycles. The van der Waals surface area contributed by atoms with Crippen LogP contribution in [0, 0.1) is 0 Å². The van der Waals surface area contributed by atoms with Gasteiger partial charge in [0.05, 0.1) is 13.0 Å². The molecule has 1 rings (SSSR count). The number of amides is 1.